The van der Waals surface area contributed by atoms with Crippen LogP contribution in [0.1, 0.15) is 44.5 Å². The predicted molar refractivity (Wildman–Crippen MR) is 213 cm³/mol. The Morgan fingerprint density at radius 1 is 0.306 bits per heavy atom. The van der Waals surface area contributed by atoms with E-state index in [1.807, 2.05) is 0 Å². The predicted octanol–water partition coefficient (Wildman–Crippen LogP) is 14.0. The maximum atomic E-state index is 6.51. The maximum absolute atomic E-state index is 6.51. The highest BCUT2D eigenvalue weighted by molar-refractivity contribution is 6.31. The molecule has 0 atom stereocenters. The van der Waals surface area contributed by atoms with E-state index >= 15 is 0 Å². The van der Waals surface area contributed by atoms with E-state index in [-0.39, 0.29) is 0 Å². The molecule has 0 amide bonds. The van der Waals surface area contributed by atoms with Crippen LogP contribution in [0.5, 0.6) is 0 Å². The number of aryl methyl sites for hydroxylation is 4. The van der Waals surface area contributed by atoms with Crippen molar-refractivity contribution in [1.29, 1.82) is 0 Å². The zero-order chi connectivity index (χ0) is 33.9. The minimum atomic E-state index is 0.928. The highest BCUT2D eigenvalue weighted by Gasteiger charge is 2.28. The van der Waals surface area contributed by atoms with Gasteiger partial charge >= 0.3 is 0 Å². The molecule has 49 heavy (non-hydrogen) atoms. The zero-order valence-electron chi connectivity index (χ0n) is 29.6. The minimum Gasteiger partial charge on any atom is -0.456 e. The van der Waals surface area contributed by atoms with E-state index in [9.17, 15) is 0 Å². The molecule has 9 aromatic rings. The lowest BCUT2D eigenvalue weighted by molar-refractivity contribution is 0.669. The first-order valence-electron chi connectivity index (χ1n) is 17.5. The van der Waals surface area contributed by atoms with E-state index < -0.39 is 0 Å². The molecule has 0 aliphatic heterocycles. The van der Waals surface area contributed by atoms with Crippen molar-refractivity contribution >= 4 is 65.0 Å². The highest BCUT2D eigenvalue weighted by atomic mass is 16.3. The molecule has 0 spiro atoms. The summed E-state index contributed by atoms with van der Waals surface area (Å²) in [4.78, 5) is 0. The van der Waals surface area contributed by atoms with Gasteiger partial charge in [-0.2, -0.15) is 0 Å². The molecule has 0 fully saturated rings. The van der Waals surface area contributed by atoms with Crippen molar-refractivity contribution in [3.63, 3.8) is 0 Å². The van der Waals surface area contributed by atoms with E-state index in [2.05, 4.69) is 152 Å². The molecule has 0 radical (unpaired) electrons. The molecule has 0 saturated carbocycles. The first kappa shape index (κ1) is 29.7. The monoisotopic (exact) mass is 632 g/mol. The molecular formula is C48H40O. The lowest BCUT2D eigenvalue weighted by Crippen LogP contribution is -2.04. The largest absolute Gasteiger partial charge is 0.456 e. The van der Waals surface area contributed by atoms with E-state index in [0.717, 1.165) is 16.6 Å². The Labute approximate surface area is 287 Å². The number of hydrogen-bond acceptors (Lipinski definition) is 1. The van der Waals surface area contributed by atoms with Gasteiger partial charge in [-0.1, -0.05) is 84.9 Å². The van der Waals surface area contributed by atoms with Crippen LogP contribution in [0.25, 0.3) is 87.3 Å². The Bertz CT molecular complexity index is 2810. The van der Waals surface area contributed by atoms with Gasteiger partial charge in [0.05, 0.1) is 0 Å². The summed E-state index contributed by atoms with van der Waals surface area (Å²) in [6.45, 7) is 18.6. The van der Waals surface area contributed by atoms with Gasteiger partial charge in [0, 0.05) is 10.8 Å². The molecule has 0 saturated heterocycles. The van der Waals surface area contributed by atoms with Gasteiger partial charge in [0.2, 0.25) is 0 Å². The zero-order valence-corrected chi connectivity index (χ0v) is 29.6. The second-order valence-electron chi connectivity index (χ2n) is 14.2. The van der Waals surface area contributed by atoms with Crippen molar-refractivity contribution < 1.29 is 4.42 Å². The Balaban J connectivity index is 1.64. The summed E-state index contributed by atoms with van der Waals surface area (Å²) in [6, 6.07) is 35.5. The van der Waals surface area contributed by atoms with Crippen LogP contribution in [0.15, 0.2) is 101 Å². The van der Waals surface area contributed by atoms with Gasteiger partial charge < -0.3 is 4.42 Å². The second-order valence-corrected chi connectivity index (χ2v) is 14.2. The van der Waals surface area contributed by atoms with Crippen LogP contribution in [0.3, 0.4) is 0 Å². The van der Waals surface area contributed by atoms with E-state index in [4.69, 9.17) is 4.42 Å². The van der Waals surface area contributed by atoms with Gasteiger partial charge in [-0.05, 0) is 177 Å². The van der Waals surface area contributed by atoms with Crippen LogP contribution < -0.4 is 0 Å². The van der Waals surface area contributed by atoms with Crippen LogP contribution in [-0.2, 0) is 0 Å². The first-order chi connectivity index (χ1) is 23.7. The standard InChI is InChI=1S/C48H40O/c1-25-27(3)31(7)43-41(29(25)5)47(37-19-13-16-34-24-23-33-15-9-10-17-35(33)45(34)37)42-30(6)26(2)28(4)32(8)44(42)48(43)38-20-14-22-40-46(38)36-18-11-12-21-39(36)49-40/h9-24H,1-8H3. The summed E-state index contributed by atoms with van der Waals surface area (Å²) in [5.74, 6) is 0. The summed E-state index contributed by atoms with van der Waals surface area (Å²) >= 11 is 0. The highest BCUT2D eigenvalue weighted by Crippen LogP contribution is 2.53. The van der Waals surface area contributed by atoms with Gasteiger partial charge in [0.1, 0.15) is 11.2 Å². The lowest BCUT2D eigenvalue weighted by atomic mass is 9.75. The smallest absolute Gasteiger partial charge is 0.136 e. The fourth-order valence-corrected chi connectivity index (χ4v) is 8.91. The molecule has 9 rings (SSSR count). The summed E-state index contributed by atoms with van der Waals surface area (Å²) < 4.78 is 6.51. The van der Waals surface area contributed by atoms with Crippen LogP contribution in [-0.4, -0.2) is 0 Å². The topological polar surface area (TPSA) is 13.1 Å². The SMILES string of the molecule is Cc1c(C)c(C)c2c(-c3cccc4oc5ccccc5c34)c3c(C)c(C)c(C)c(C)c3c(-c3cccc4ccc5ccccc5c34)c2c1C. The second kappa shape index (κ2) is 10.5. The summed E-state index contributed by atoms with van der Waals surface area (Å²) in [7, 11) is 0. The van der Waals surface area contributed by atoms with Crippen LogP contribution in [0.2, 0.25) is 0 Å². The number of hydrogen-bond donors (Lipinski definition) is 0. The van der Waals surface area contributed by atoms with E-state index in [0.29, 0.717) is 0 Å². The molecule has 0 N–H and O–H groups in total. The Morgan fingerprint density at radius 2 is 0.735 bits per heavy atom. The maximum Gasteiger partial charge on any atom is 0.136 e. The molecule has 0 aliphatic rings. The van der Waals surface area contributed by atoms with Crippen LogP contribution in [0.4, 0.5) is 0 Å². The van der Waals surface area contributed by atoms with E-state index in [1.165, 1.54) is 115 Å². The number of rotatable bonds is 2. The normalized spacial score (nSPS) is 12.1. The quantitative estimate of drug-likeness (QED) is 0.136. The van der Waals surface area contributed by atoms with Crippen molar-refractivity contribution in [3.05, 3.63) is 142 Å². The Kier molecular flexibility index (Phi) is 6.40. The molecule has 1 nitrogen and oxygen atoms in total. The van der Waals surface area contributed by atoms with Gasteiger partial charge in [0.15, 0.2) is 0 Å². The van der Waals surface area contributed by atoms with Gasteiger partial charge in [0.25, 0.3) is 0 Å². The number of benzene rings is 8. The van der Waals surface area contributed by atoms with Gasteiger partial charge in [-0.15, -0.1) is 0 Å². The van der Waals surface area contributed by atoms with Crippen molar-refractivity contribution in [2.75, 3.05) is 0 Å². The fourth-order valence-electron chi connectivity index (χ4n) is 8.91. The molecule has 0 aliphatic carbocycles. The van der Waals surface area contributed by atoms with Crippen LogP contribution >= 0.6 is 0 Å². The van der Waals surface area contributed by atoms with Crippen molar-refractivity contribution in [3.8, 4) is 22.3 Å². The average Bonchev–Trinajstić information content (AvgIpc) is 3.52. The number of para-hydroxylation sites is 1. The van der Waals surface area contributed by atoms with Crippen molar-refractivity contribution in [1.82, 2.24) is 0 Å². The average molecular weight is 633 g/mol. The minimum absolute atomic E-state index is 0.928. The number of fused-ring (bicyclic) bond motifs is 8. The number of furan rings is 1. The van der Waals surface area contributed by atoms with Gasteiger partial charge in [-0.3, -0.25) is 0 Å². The summed E-state index contributed by atoms with van der Waals surface area (Å²) in [6.07, 6.45) is 0. The van der Waals surface area contributed by atoms with E-state index in [1.54, 1.807) is 0 Å². The molecule has 0 unspecified atom stereocenters. The van der Waals surface area contributed by atoms with Crippen molar-refractivity contribution in [2.24, 2.45) is 0 Å². The third-order valence-corrected chi connectivity index (χ3v) is 12.1. The molecule has 1 heteroatoms. The third-order valence-electron chi connectivity index (χ3n) is 12.1. The first-order valence-corrected chi connectivity index (χ1v) is 17.5. The molecule has 8 aromatic carbocycles. The molecule has 1 aromatic heterocycles. The third kappa shape index (κ3) is 3.93. The molecule has 238 valence electrons. The molecular weight excluding hydrogens is 593 g/mol. The Morgan fingerprint density at radius 3 is 1.33 bits per heavy atom. The van der Waals surface area contributed by atoms with Crippen molar-refractivity contribution in [2.45, 2.75) is 55.4 Å². The molecule has 1 heterocycles. The molecule has 0 bridgehead atoms. The van der Waals surface area contributed by atoms with Crippen LogP contribution in [0, 0.1) is 55.4 Å². The Hall–Kier alpha value is -5.40. The summed E-state index contributed by atoms with van der Waals surface area (Å²) in [5.41, 5.74) is 17.9. The lowest BCUT2D eigenvalue weighted by Gasteiger charge is -2.28. The summed E-state index contributed by atoms with van der Waals surface area (Å²) in [5, 5.41) is 12.9. The van der Waals surface area contributed by atoms with Gasteiger partial charge in [-0.25, -0.2) is 0 Å². The fraction of sp³-hybridized carbons (Fsp3) is 0.167.